The van der Waals surface area contributed by atoms with Crippen molar-refractivity contribution in [2.75, 3.05) is 12.4 Å². The number of nitrogens with zero attached hydrogens (tertiary/aromatic N) is 1. The largest absolute Gasteiger partial charge is 0.497 e. The monoisotopic (exact) mass is 375 g/mol. The highest BCUT2D eigenvalue weighted by atomic mass is 16.5. The Morgan fingerprint density at radius 1 is 0.929 bits per heavy atom. The highest BCUT2D eigenvalue weighted by Crippen LogP contribution is 2.17. The van der Waals surface area contributed by atoms with Gasteiger partial charge in [0.1, 0.15) is 17.1 Å². The summed E-state index contributed by atoms with van der Waals surface area (Å²) in [6.45, 7) is 2.39. The van der Waals surface area contributed by atoms with Crippen molar-refractivity contribution in [2.24, 2.45) is 0 Å². The number of nitrogens with one attached hydrogen (secondary N) is 2. The lowest BCUT2D eigenvalue weighted by Gasteiger charge is -2.09. The first-order valence-electron chi connectivity index (χ1n) is 8.82. The number of aryl methyl sites for hydroxylation is 1. The van der Waals surface area contributed by atoms with E-state index in [1.54, 1.807) is 49.6 Å². The molecule has 1 aromatic heterocycles. The van der Waals surface area contributed by atoms with Gasteiger partial charge in [0.15, 0.2) is 0 Å². The normalized spacial score (nSPS) is 10.2. The number of carbonyl (C=O) groups is 2. The van der Waals surface area contributed by atoms with Crippen LogP contribution in [0.5, 0.6) is 5.75 Å². The first kappa shape index (κ1) is 19.1. The van der Waals surface area contributed by atoms with Crippen LogP contribution in [0.3, 0.4) is 0 Å². The van der Waals surface area contributed by atoms with Gasteiger partial charge in [-0.25, -0.2) is 4.98 Å². The summed E-state index contributed by atoms with van der Waals surface area (Å²) in [6, 6.07) is 19.6. The highest BCUT2D eigenvalue weighted by molar-refractivity contribution is 6.03. The zero-order valence-corrected chi connectivity index (χ0v) is 15.7. The van der Waals surface area contributed by atoms with Crippen molar-refractivity contribution in [2.45, 2.75) is 13.5 Å². The molecule has 0 fully saturated rings. The number of benzene rings is 2. The molecule has 0 bridgehead atoms. The quantitative estimate of drug-likeness (QED) is 0.690. The maximum atomic E-state index is 12.5. The number of amides is 2. The third-order valence-electron chi connectivity index (χ3n) is 4.24. The Bertz CT molecular complexity index is 1000. The van der Waals surface area contributed by atoms with Gasteiger partial charge in [-0.05, 0) is 42.3 Å². The minimum absolute atomic E-state index is 0.159. The van der Waals surface area contributed by atoms with E-state index >= 15 is 0 Å². The van der Waals surface area contributed by atoms with Crippen molar-refractivity contribution in [3.63, 3.8) is 0 Å². The second-order valence-electron chi connectivity index (χ2n) is 6.20. The summed E-state index contributed by atoms with van der Waals surface area (Å²) in [6.07, 6.45) is 0. The minimum atomic E-state index is -0.401. The summed E-state index contributed by atoms with van der Waals surface area (Å²) >= 11 is 0. The van der Waals surface area contributed by atoms with Crippen LogP contribution in [-0.4, -0.2) is 23.9 Å². The van der Waals surface area contributed by atoms with Crippen molar-refractivity contribution in [1.29, 1.82) is 0 Å². The van der Waals surface area contributed by atoms with Crippen LogP contribution in [0.2, 0.25) is 0 Å². The fourth-order valence-corrected chi connectivity index (χ4v) is 2.66. The molecule has 1 heterocycles. The molecule has 2 N–H and O–H groups in total. The molecule has 6 heteroatoms. The molecule has 0 aliphatic heterocycles. The molecule has 6 nitrogen and oxygen atoms in total. The fraction of sp³-hybridized carbons (Fsp3) is 0.136. The van der Waals surface area contributed by atoms with E-state index in [9.17, 15) is 9.59 Å². The van der Waals surface area contributed by atoms with Gasteiger partial charge < -0.3 is 15.4 Å². The van der Waals surface area contributed by atoms with Crippen molar-refractivity contribution in [3.8, 4) is 5.75 Å². The molecule has 28 heavy (non-hydrogen) atoms. The lowest BCUT2D eigenvalue weighted by molar-refractivity contribution is 0.0945. The average Bonchev–Trinajstić information content (AvgIpc) is 2.73. The van der Waals surface area contributed by atoms with E-state index in [-0.39, 0.29) is 17.3 Å². The minimum Gasteiger partial charge on any atom is -0.497 e. The number of ether oxygens (including phenoxy) is 1. The SMILES string of the molecule is COc1cccc(NC(=O)c2cccc(C(=O)NCc3ccccc3C)n2)c1. The molecule has 0 radical (unpaired) electrons. The Hall–Kier alpha value is -3.67. The Balaban J connectivity index is 1.68. The van der Waals surface area contributed by atoms with Crippen LogP contribution in [0.25, 0.3) is 0 Å². The van der Waals surface area contributed by atoms with Crippen LogP contribution in [0, 0.1) is 6.92 Å². The summed E-state index contributed by atoms with van der Waals surface area (Å²) in [5.41, 5.74) is 3.06. The van der Waals surface area contributed by atoms with Crippen LogP contribution in [0.1, 0.15) is 32.1 Å². The van der Waals surface area contributed by atoms with Gasteiger partial charge in [-0.3, -0.25) is 9.59 Å². The molecule has 2 amide bonds. The fourth-order valence-electron chi connectivity index (χ4n) is 2.66. The number of hydrogen-bond acceptors (Lipinski definition) is 4. The van der Waals surface area contributed by atoms with E-state index in [1.165, 1.54) is 0 Å². The number of carbonyl (C=O) groups excluding carboxylic acids is 2. The molecular weight excluding hydrogens is 354 g/mol. The zero-order valence-electron chi connectivity index (χ0n) is 15.7. The molecule has 0 saturated carbocycles. The first-order valence-corrected chi connectivity index (χ1v) is 8.82. The molecule has 3 rings (SSSR count). The number of rotatable bonds is 6. The van der Waals surface area contributed by atoms with Gasteiger partial charge in [0.25, 0.3) is 11.8 Å². The van der Waals surface area contributed by atoms with Gasteiger partial charge in [0.05, 0.1) is 7.11 Å². The number of anilines is 1. The first-order chi connectivity index (χ1) is 13.6. The van der Waals surface area contributed by atoms with Gasteiger partial charge in [-0.2, -0.15) is 0 Å². The maximum absolute atomic E-state index is 12.5. The molecule has 0 saturated heterocycles. The molecule has 3 aromatic rings. The van der Waals surface area contributed by atoms with Gasteiger partial charge in [0, 0.05) is 18.3 Å². The van der Waals surface area contributed by atoms with Gasteiger partial charge in [-0.15, -0.1) is 0 Å². The molecule has 0 spiro atoms. The van der Waals surface area contributed by atoms with E-state index in [2.05, 4.69) is 15.6 Å². The number of methoxy groups -OCH3 is 1. The third-order valence-corrected chi connectivity index (χ3v) is 4.24. The predicted molar refractivity (Wildman–Crippen MR) is 108 cm³/mol. The molecule has 0 atom stereocenters. The number of hydrogen-bond donors (Lipinski definition) is 2. The van der Waals surface area contributed by atoms with E-state index < -0.39 is 5.91 Å². The van der Waals surface area contributed by atoms with E-state index in [1.807, 2.05) is 31.2 Å². The standard InChI is InChI=1S/C22H21N3O3/c1-15-7-3-4-8-16(15)14-23-21(26)19-11-6-12-20(25-19)22(27)24-17-9-5-10-18(13-17)28-2/h3-13H,14H2,1-2H3,(H,23,26)(H,24,27). The Labute approximate surface area is 163 Å². The smallest absolute Gasteiger partial charge is 0.274 e. The molecule has 0 aliphatic rings. The molecule has 0 aliphatic carbocycles. The lowest BCUT2D eigenvalue weighted by atomic mass is 10.1. The van der Waals surface area contributed by atoms with Gasteiger partial charge >= 0.3 is 0 Å². The Morgan fingerprint density at radius 3 is 2.39 bits per heavy atom. The second kappa shape index (κ2) is 8.81. The molecule has 0 unspecified atom stereocenters. The molecular formula is C22H21N3O3. The highest BCUT2D eigenvalue weighted by Gasteiger charge is 2.13. The lowest BCUT2D eigenvalue weighted by Crippen LogP contribution is -2.25. The third kappa shape index (κ3) is 4.73. The predicted octanol–water partition coefficient (Wildman–Crippen LogP) is 3.58. The second-order valence-corrected chi connectivity index (χ2v) is 6.20. The van der Waals surface area contributed by atoms with E-state index in [0.717, 1.165) is 11.1 Å². The Kier molecular flexibility index (Phi) is 6.01. The van der Waals surface area contributed by atoms with Gasteiger partial charge in [0.2, 0.25) is 0 Å². The summed E-state index contributed by atoms with van der Waals surface area (Å²) in [5, 5.41) is 5.59. The van der Waals surface area contributed by atoms with Crippen LogP contribution < -0.4 is 15.4 Å². The van der Waals surface area contributed by atoms with Crippen LogP contribution in [0.4, 0.5) is 5.69 Å². The van der Waals surface area contributed by atoms with Crippen molar-refractivity contribution >= 4 is 17.5 Å². The Morgan fingerprint density at radius 2 is 1.64 bits per heavy atom. The molecule has 142 valence electrons. The van der Waals surface area contributed by atoms with Crippen LogP contribution in [0.15, 0.2) is 66.7 Å². The van der Waals surface area contributed by atoms with Crippen LogP contribution >= 0.6 is 0 Å². The maximum Gasteiger partial charge on any atom is 0.274 e. The summed E-state index contributed by atoms with van der Waals surface area (Å²) < 4.78 is 5.14. The van der Waals surface area contributed by atoms with Crippen molar-refractivity contribution in [1.82, 2.24) is 10.3 Å². The zero-order chi connectivity index (χ0) is 19.9. The number of pyridine rings is 1. The van der Waals surface area contributed by atoms with Gasteiger partial charge in [-0.1, -0.05) is 36.4 Å². The van der Waals surface area contributed by atoms with E-state index in [0.29, 0.717) is 18.0 Å². The van der Waals surface area contributed by atoms with Crippen LogP contribution in [-0.2, 0) is 6.54 Å². The average molecular weight is 375 g/mol. The van der Waals surface area contributed by atoms with Crippen molar-refractivity contribution < 1.29 is 14.3 Å². The number of aromatic nitrogens is 1. The summed E-state index contributed by atoms with van der Waals surface area (Å²) in [7, 11) is 1.56. The van der Waals surface area contributed by atoms with E-state index in [4.69, 9.17) is 4.74 Å². The topological polar surface area (TPSA) is 80.3 Å². The molecule has 2 aromatic carbocycles. The summed E-state index contributed by atoms with van der Waals surface area (Å²) in [5.74, 6) is -0.101. The summed E-state index contributed by atoms with van der Waals surface area (Å²) in [4.78, 5) is 29.1. The van der Waals surface area contributed by atoms with Crippen molar-refractivity contribution in [3.05, 3.63) is 89.2 Å².